The van der Waals surface area contributed by atoms with Crippen LogP contribution in [-0.4, -0.2) is 42.9 Å². The van der Waals surface area contributed by atoms with Gasteiger partial charge >= 0.3 is 12.4 Å². The highest BCUT2D eigenvalue weighted by Crippen LogP contribution is 2.39. The Labute approximate surface area is 142 Å². The molecule has 0 unspecified atom stereocenters. The molecule has 2 nitrogen and oxygen atoms in total. The van der Waals surface area contributed by atoms with Gasteiger partial charge in [-0.3, -0.25) is 0 Å². The largest absolute Gasteiger partial charge is 0.449 e. The van der Waals surface area contributed by atoms with Crippen LogP contribution in [0, 0.1) is 0 Å². The first-order chi connectivity index (χ1) is 10.3. The van der Waals surface area contributed by atoms with Gasteiger partial charge in [0.1, 0.15) is 0 Å². The molecule has 0 atom stereocenters. The number of halogens is 8. The quantitative estimate of drug-likeness (QED) is 0.276. The maximum absolute atomic E-state index is 12.9. The summed E-state index contributed by atoms with van der Waals surface area (Å²) in [4.78, 5) is 4.07. The SMILES string of the molecule is CN(C)/C(=N/c1cc(SCC(F)(F)F)c(Cl)cc1Cl)C(F)(F)F. The summed E-state index contributed by atoms with van der Waals surface area (Å²) in [6, 6.07) is 2.06. The minimum atomic E-state index is -4.74. The van der Waals surface area contributed by atoms with Gasteiger partial charge in [-0.15, -0.1) is 11.8 Å². The summed E-state index contributed by atoms with van der Waals surface area (Å²) < 4.78 is 75.4. The highest BCUT2D eigenvalue weighted by molar-refractivity contribution is 7.99. The lowest BCUT2D eigenvalue weighted by Crippen LogP contribution is -2.35. The van der Waals surface area contributed by atoms with Crippen LogP contribution in [0.4, 0.5) is 32.0 Å². The molecular formula is C12H10Cl2F6N2S. The van der Waals surface area contributed by atoms with E-state index in [1.165, 1.54) is 0 Å². The number of aliphatic imine (C=N–C) groups is 1. The summed E-state index contributed by atoms with van der Waals surface area (Å²) in [5.74, 6) is -2.48. The maximum atomic E-state index is 12.9. The van der Waals surface area contributed by atoms with E-state index >= 15 is 0 Å². The van der Waals surface area contributed by atoms with E-state index in [1.807, 2.05) is 0 Å². The highest BCUT2D eigenvalue weighted by Gasteiger charge is 2.38. The van der Waals surface area contributed by atoms with Gasteiger partial charge < -0.3 is 4.90 Å². The van der Waals surface area contributed by atoms with Gasteiger partial charge in [0.2, 0.25) is 5.84 Å². The topological polar surface area (TPSA) is 15.6 Å². The third-order valence-corrected chi connectivity index (χ3v) is 4.14. The third-order valence-electron chi connectivity index (χ3n) is 2.30. The van der Waals surface area contributed by atoms with Gasteiger partial charge in [-0.1, -0.05) is 23.2 Å². The van der Waals surface area contributed by atoms with Crippen LogP contribution in [0.5, 0.6) is 0 Å². The van der Waals surface area contributed by atoms with E-state index in [9.17, 15) is 26.3 Å². The average Bonchev–Trinajstić information content (AvgIpc) is 2.33. The zero-order valence-corrected chi connectivity index (χ0v) is 14.0. The van der Waals surface area contributed by atoms with E-state index < -0.39 is 23.9 Å². The summed E-state index contributed by atoms with van der Waals surface area (Å²) in [7, 11) is 2.27. The van der Waals surface area contributed by atoms with Gasteiger partial charge in [-0.05, 0) is 12.1 Å². The summed E-state index contributed by atoms with van der Waals surface area (Å²) >= 11 is 11.9. The fraction of sp³-hybridized carbons (Fsp3) is 0.417. The maximum Gasteiger partial charge on any atom is 0.449 e. The Bertz CT molecular complexity index is 598. The zero-order valence-electron chi connectivity index (χ0n) is 11.7. The second kappa shape index (κ2) is 7.40. The van der Waals surface area contributed by atoms with Gasteiger partial charge in [0.15, 0.2) is 0 Å². The Kier molecular flexibility index (Phi) is 6.51. The first-order valence-electron chi connectivity index (χ1n) is 5.83. The van der Waals surface area contributed by atoms with Gasteiger partial charge in [0.05, 0.1) is 21.5 Å². The number of hydrogen-bond acceptors (Lipinski definition) is 2. The molecule has 1 rings (SSSR count). The second-order valence-corrected chi connectivity index (χ2v) is 6.30. The molecule has 130 valence electrons. The van der Waals surface area contributed by atoms with E-state index in [1.54, 1.807) is 0 Å². The second-order valence-electron chi connectivity index (χ2n) is 4.47. The minimum absolute atomic E-state index is 0.0626. The molecule has 23 heavy (non-hydrogen) atoms. The molecule has 0 fully saturated rings. The molecule has 0 radical (unpaired) electrons. The van der Waals surface area contributed by atoms with Crippen molar-refractivity contribution in [2.24, 2.45) is 4.99 Å². The molecule has 0 spiro atoms. The summed E-state index contributed by atoms with van der Waals surface area (Å²) in [5, 5.41) is -0.295. The van der Waals surface area contributed by atoms with E-state index in [-0.39, 0.29) is 20.6 Å². The van der Waals surface area contributed by atoms with Crippen molar-refractivity contribution >= 4 is 46.5 Å². The Morgan fingerprint density at radius 3 is 2.09 bits per heavy atom. The predicted molar refractivity (Wildman–Crippen MR) is 80.1 cm³/mol. The Morgan fingerprint density at radius 1 is 1.09 bits per heavy atom. The van der Waals surface area contributed by atoms with Crippen LogP contribution in [-0.2, 0) is 0 Å². The number of alkyl halides is 6. The van der Waals surface area contributed by atoms with Crippen LogP contribution >= 0.6 is 35.0 Å². The lowest BCUT2D eigenvalue weighted by Gasteiger charge is -2.18. The predicted octanol–water partition coefficient (Wildman–Crippen LogP) is 5.80. The molecule has 0 saturated heterocycles. The molecule has 0 amide bonds. The van der Waals surface area contributed by atoms with Crippen molar-refractivity contribution in [2.75, 3.05) is 19.8 Å². The number of amidine groups is 1. The van der Waals surface area contributed by atoms with Crippen LogP contribution in [0.2, 0.25) is 10.0 Å². The fourth-order valence-corrected chi connectivity index (χ4v) is 2.71. The molecule has 0 bridgehead atoms. The van der Waals surface area contributed by atoms with E-state index in [4.69, 9.17) is 23.2 Å². The Hall–Kier alpha value is -0.800. The van der Waals surface area contributed by atoms with Gasteiger partial charge in [-0.2, -0.15) is 26.3 Å². The highest BCUT2D eigenvalue weighted by atomic mass is 35.5. The van der Waals surface area contributed by atoms with Gasteiger partial charge in [0.25, 0.3) is 0 Å². The fourth-order valence-electron chi connectivity index (χ4n) is 1.41. The number of hydrogen-bond donors (Lipinski definition) is 0. The Balaban J connectivity index is 3.26. The molecule has 0 aromatic heterocycles. The normalized spacial score (nSPS) is 13.4. The minimum Gasteiger partial charge on any atom is -0.359 e. The third kappa shape index (κ3) is 6.31. The first-order valence-corrected chi connectivity index (χ1v) is 7.57. The molecule has 0 saturated carbocycles. The summed E-state index contributed by atoms with van der Waals surface area (Å²) in [5.41, 5.74) is -0.318. The molecule has 0 heterocycles. The average molecular weight is 399 g/mol. The van der Waals surface area contributed by atoms with Crippen LogP contribution in [0.25, 0.3) is 0 Å². The standard InChI is InChI=1S/C12H10Cl2F6N2S/c1-22(2)10(12(18,19)20)21-8-4-9(7(14)3-6(8)13)23-5-11(15,16)17/h3-4H,5H2,1-2H3/b21-10+. The zero-order chi connectivity index (χ0) is 18.0. The number of rotatable bonds is 3. The molecule has 1 aromatic rings. The molecule has 11 heteroatoms. The van der Waals surface area contributed by atoms with Gasteiger partial charge in [0, 0.05) is 19.0 Å². The summed E-state index contributed by atoms with van der Waals surface area (Å²) in [6.07, 6.45) is -9.19. The molecule has 0 aliphatic heterocycles. The lowest BCUT2D eigenvalue weighted by atomic mass is 10.3. The van der Waals surface area contributed by atoms with Crippen molar-refractivity contribution in [1.82, 2.24) is 4.90 Å². The monoisotopic (exact) mass is 398 g/mol. The molecule has 0 N–H and O–H groups in total. The molecule has 1 aromatic carbocycles. The molecule has 0 aliphatic carbocycles. The van der Waals surface area contributed by atoms with Crippen LogP contribution < -0.4 is 0 Å². The molecule has 0 aliphatic rings. The number of thioether (sulfide) groups is 1. The molecular weight excluding hydrogens is 389 g/mol. The van der Waals surface area contributed by atoms with E-state index in [2.05, 4.69) is 4.99 Å². The van der Waals surface area contributed by atoms with Crippen molar-refractivity contribution < 1.29 is 26.3 Å². The van der Waals surface area contributed by atoms with E-state index in [0.717, 1.165) is 31.1 Å². The Morgan fingerprint density at radius 2 is 1.65 bits per heavy atom. The summed E-state index contributed by atoms with van der Waals surface area (Å²) in [6.45, 7) is 0. The van der Waals surface area contributed by atoms with Crippen LogP contribution in [0.15, 0.2) is 22.0 Å². The van der Waals surface area contributed by atoms with Crippen LogP contribution in [0.1, 0.15) is 0 Å². The van der Waals surface area contributed by atoms with Crippen molar-refractivity contribution in [2.45, 2.75) is 17.2 Å². The van der Waals surface area contributed by atoms with Crippen molar-refractivity contribution in [1.29, 1.82) is 0 Å². The number of benzene rings is 1. The van der Waals surface area contributed by atoms with Crippen molar-refractivity contribution in [3.05, 3.63) is 22.2 Å². The van der Waals surface area contributed by atoms with Gasteiger partial charge in [-0.25, -0.2) is 4.99 Å². The smallest absolute Gasteiger partial charge is 0.359 e. The lowest BCUT2D eigenvalue weighted by molar-refractivity contribution is -0.105. The first kappa shape index (κ1) is 20.2. The van der Waals surface area contributed by atoms with Crippen molar-refractivity contribution in [3.63, 3.8) is 0 Å². The number of nitrogens with zero attached hydrogens (tertiary/aromatic N) is 2. The van der Waals surface area contributed by atoms with Crippen LogP contribution in [0.3, 0.4) is 0 Å². The van der Waals surface area contributed by atoms with Crippen molar-refractivity contribution in [3.8, 4) is 0 Å². The van der Waals surface area contributed by atoms with E-state index in [0.29, 0.717) is 11.8 Å².